The van der Waals surface area contributed by atoms with E-state index in [4.69, 9.17) is 5.73 Å². The zero-order valence-corrected chi connectivity index (χ0v) is 16.1. The van der Waals surface area contributed by atoms with Crippen LogP contribution in [0, 0.1) is 12.8 Å². The van der Waals surface area contributed by atoms with Crippen molar-refractivity contribution in [3.8, 4) is 11.1 Å². The van der Waals surface area contributed by atoms with Gasteiger partial charge in [-0.1, -0.05) is 26.0 Å². The molecule has 140 valence electrons. The van der Waals surface area contributed by atoms with Crippen LogP contribution in [0.4, 0.5) is 5.82 Å². The number of aromatic nitrogens is 1. The van der Waals surface area contributed by atoms with Gasteiger partial charge < -0.3 is 11.1 Å². The predicted octanol–water partition coefficient (Wildman–Crippen LogP) is 2.44. The topological polar surface area (TPSA) is 102 Å². The molecule has 0 saturated carbocycles. The highest BCUT2D eigenvalue weighted by Crippen LogP contribution is 2.23. The monoisotopic (exact) mass is 375 g/mol. The van der Waals surface area contributed by atoms with Crippen molar-refractivity contribution in [3.05, 3.63) is 47.7 Å². The molecule has 0 atom stereocenters. The standard InChI is InChI=1S/C19H25N3O3S/c1-13(2)12-26(24,25)9-8-21-19(23)16-6-4-15(5-7-16)17-11-22-18(20)10-14(17)3/h4-7,10-11,13H,8-9,12H2,1-3H3,(H2,20,22)(H,21,23). The summed E-state index contributed by atoms with van der Waals surface area (Å²) in [5.41, 5.74) is 9.04. The number of amides is 1. The maximum Gasteiger partial charge on any atom is 0.251 e. The van der Waals surface area contributed by atoms with E-state index >= 15 is 0 Å². The Labute approximate surface area is 154 Å². The zero-order chi connectivity index (χ0) is 19.3. The molecule has 0 aliphatic carbocycles. The highest BCUT2D eigenvalue weighted by Gasteiger charge is 2.14. The van der Waals surface area contributed by atoms with Crippen molar-refractivity contribution in [2.24, 2.45) is 5.92 Å². The van der Waals surface area contributed by atoms with Crippen molar-refractivity contribution in [1.82, 2.24) is 10.3 Å². The van der Waals surface area contributed by atoms with E-state index in [1.807, 2.05) is 32.9 Å². The number of sulfone groups is 1. The van der Waals surface area contributed by atoms with Crippen molar-refractivity contribution < 1.29 is 13.2 Å². The minimum absolute atomic E-state index is 0.0503. The predicted molar refractivity (Wildman–Crippen MR) is 105 cm³/mol. The van der Waals surface area contributed by atoms with Crippen LogP contribution in [-0.4, -0.2) is 37.4 Å². The summed E-state index contributed by atoms with van der Waals surface area (Å²) < 4.78 is 23.7. The summed E-state index contributed by atoms with van der Waals surface area (Å²) in [4.78, 5) is 16.3. The van der Waals surface area contributed by atoms with E-state index in [1.165, 1.54) is 0 Å². The molecule has 3 N–H and O–H groups in total. The second kappa shape index (κ2) is 8.31. The Morgan fingerprint density at radius 1 is 1.23 bits per heavy atom. The van der Waals surface area contributed by atoms with Gasteiger partial charge in [0, 0.05) is 23.9 Å². The first-order valence-corrected chi connectivity index (χ1v) is 10.3. The fourth-order valence-corrected chi connectivity index (χ4v) is 4.29. The van der Waals surface area contributed by atoms with E-state index in [-0.39, 0.29) is 29.9 Å². The van der Waals surface area contributed by atoms with Crippen molar-refractivity contribution in [1.29, 1.82) is 0 Å². The van der Waals surface area contributed by atoms with Gasteiger partial charge in [0.25, 0.3) is 5.91 Å². The van der Waals surface area contributed by atoms with Gasteiger partial charge in [-0.15, -0.1) is 0 Å². The average Bonchev–Trinajstić information content (AvgIpc) is 2.53. The number of nitrogens with one attached hydrogen (secondary N) is 1. The molecule has 2 rings (SSSR count). The number of carbonyl (C=O) groups is 1. The lowest BCUT2D eigenvalue weighted by atomic mass is 10.0. The maximum absolute atomic E-state index is 12.2. The molecule has 26 heavy (non-hydrogen) atoms. The average molecular weight is 375 g/mol. The molecule has 0 saturated heterocycles. The molecule has 1 amide bonds. The van der Waals surface area contributed by atoms with Crippen LogP contribution in [0.3, 0.4) is 0 Å². The number of aryl methyl sites for hydroxylation is 1. The Morgan fingerprint density at radius 2 is 1.88 bits per heavy atom. The first-order valence-electron chi connectivity index (χ1n) is 8.49. The Kier molecular flexibility index (Phi) is 6.37. The summed E-state index contributed by atoms with van der Waals surface area (Å²) in [5, 5.41) is 2.66. The van der Waals surface area contributed by atoms with Gasteiger partial charge in [0.1, 0.15) is 5.82 Å². The number of carbonyl (C=O) groups excluding carboxylic acids is 1. The largest absolute Gasteiger partial charge is 0.384 e. The SMILES string of the molecule is Cc1cc(N)ncc1-c1ccc(C(=O)NCCS(=O)(=O)CC(C)C)cc1. The van der Waals surface area contributed by atoms with E-state index in [2.05, 4.69) is 10.3 Å². The van der Waals surface area contributed by atoms with Gasteiger partial charge >= 0.3 is 0 Å². The second-order valence-corrected chi connectivity index (χ2v) is 8.99. The fraction of sp³-hybridized carbons (Fsp3) is 0.368. The molecule has 7 heteroatoms. The zero-order valence-electron chi connectivity index (χ0n) is 15.3. The van der Waals surface area contributed by atoms with Crippen LogP contribution in [0.5, 0.6) is 0 Å². The number of nitrogen functional groups attached to an aromatic ring is 1. The molecule has 6 nitrogen and oxygen atoms in total. The van der Waals surface area contributed by atoms with E-state index in [1.54, 1.807) is 24.4 Å². The Hall–Kier alpha value is -2.41. The minimum atomic E-state index is -3.14. The molecule has 1 heterocycles. The van der Waals surface area contributed by atoms with Crippen LogP contribution in [-0.2, 0) is 9.84 Å². The number of hydrogen-bond donors (Lipinski definition) is 2. The van der Waals surface area contributed by atoms with Crippen molar-refractivity contribution in [2.45, 2.75) is 20.8 Å². The highest BCUT2D eigenvalue weighted by molar-refractivity contribution is 7.91. The van der Waals surface area contributed by atoms with Gasteiger partial charge in [-0.2, -0.15) is 0 Å². The summed E-state index contributed by atoms with van der Waals surface area (Å²) in [6.07, 6.45) is 1.71. The number of nitrogens with two attached hydrogens (primary N) is 1. The lowest BCUT2D eigenvalue weighted by Gasteiger charge is -2.09. The molecule has 0 aliphatic rings. The molecule has 1 aromatic carbocycles. The third-order valence-electron chi connectivity index (χ3n) is 3.88. The first-order chi connectivity index (χ1) is 12.2. The number of pyridine rings is 1. The Bertz CT molecular complexity index is 875. The third kappa shape index (κ3) is 5.56. The highest BCUT2D eigenvalue weighted by atomic mass is 32.2. The molecule has 0 fully saturated rings. The van der Waals surface area contributed by atoms with Crippen LogP contribution in [0.15, 0.2) is 36.5 Å². The smallest absolute Gasteiger partial charge is 0.251 e. The molecule has 1 aromatic heterocycles. The van der Waals surface area contributed by atoms with Crippen LogP contribution >= 0.6 is 0 Å². The summed E-state index contributed by atoms with van der Waals surface area (Å²) in [6, 6.07) is 8.90. The van der Waals surface area contributed by atoms with Crippen LogP contribution in [0.25, 0.3) is 11.1 Å². The lowest BCUT2D eigenvalue weighted by molar-refractivity contribution is 0.0956. The molecular weight excluding hydrogens is 350 g/mol. The van der Waals surface area contributed by atoms with Gasteiger partial charge in [0.15, 0.2) is 9.84 Å². The summed E-state index contributed by atoms with van der Waals surface area (Å²) in [6.45, 7) is 5.77. The number of nitrogens with zero attached hydrogens (tertiary/aromatic N) is 1. The van der Waals surface area contributed by atoms with Gasteiger partial charge in [0.05, 0.1) is 11.5 Å². The van der Waals surface area contributed by atoms with Crippen LogP contribution in [0.2, 0.25) is 0 Å². The van der Waals surface area contributed by atoms with Crippen molar-refractivity contribution in [2.75, 3.05) is 23.8 Å². The van der Waals surface area contributed by atoms with Crippen molar-refractivity contribution >= 4 is 21.6 Å². The van der Waals surface area contributed by atoms with E-state index < -0.39 is 9.84 Å². The molecule has 2 aromatic rings. The van der Waals surface area contributed by atoms with Gasteiger partial charge in [-0.05, 0) is 42.2 Å². The Morgan fingerprint density at radius 3 is 2.46 bits per heavy atom. The lowest BCUT2D eigenvalue weighted by Crippen LogP contribution is -2.30. The van der Waals surface area contributed by atoms with Gasteiger partial charge in [0.2, 0.25) is 0 Å². The van der Waals surface area contributed by atoms with Gasteiger partial charge in [-0.3, -0.25) is 4.79 Å². The number of anilines is 1. The normalized spacial score (nSPS) is 11.5. The molecular formula is C19H25N3O3S. The summed E-state index contributed by atoms with van der Waals surface area (Å²) >= 11 is 0. The molecule has 0 bridgehead atoms. The van der Waals surface area contributed by atoms with E-state index in [0.29, 0.717) is 11.4 Å². The number of benzene rings is 1. The van der Waals surface area contributed by atoms with Crippen LogP contribution in [0.1, 0.15) is 29.8 Å². The molecule has 0 unspecified atom stereocenters. The van der Waals surface area contributed by atoms with Crippen molar-refractivity contribution in [3.63, 3.8) is 0 Å². The van der Waals surface area contributed by atoms with E-state index in [0.717, 1.165) is 16.7 Å². The van der Waals surface area contributed by atoms with Crippen LogP contribution < -0.4 is 11.1 Å². The molecule has 0 spiro atoms. The van der Waals surface area contributed by atoms with E-state index in [9.17, 15) is 13.2 Å². The minimum Gasteiger partial charge on any atom is -0.384 e. The number of rotatable bonds is 7. The Balaban J connectivity index is 1.98. The summed E-state index contributed by atoms with van der Waals surface area (Å²) in [7, 11) is -3.14. The second-order valence-electron chi connectivity index (χ2n) is 6.77. The summed E-state index contributed by atoms with van der Waals surface area (Å²) in [5.74, 6) is 0.338. The van der Waals surface area contributed by atoms with Gasteiger partial charge in [-0.25, -0.2) is 13.4 Å². The maximum atomic E-state index is 12.2. The quantitative estimate of drug-likeness (QED) is 0.774. The number of hydrogen-bond acceptors (Lipinski definition) is 5. The molecule has 0 radical (unpaired) electrons. The fourth-order valence-electron chi connectivity index (χ4n) is 2.69. The first kappa shape index (κ1) is 19.9. The molecule has 0 aliphatic heterocycles. The third-order valence-corrected chi connectivity index (χ3v) is 5.88.